The van der Waals surface area contributed by atoms with Gasteiger partial charge in [0.2, 0.25) is 0 Å². The molecule has 0 heterocycles. The van der Waals surface area contributed by atoms with E-state index in [-0.39, 0.29) is 0 Å². The zero-order valence-corrected chi connectivity index (χ0v) is 11.5. The lowest BCUT2D eigenvalue weighted by Gasteiger charge is -2.08. The average molecular weight is 257 g/mol. The number of nitrogens with one attached hydrogen (secondary N) is 3. The molecule has 0 bridgehead atoms. The Balaban J connectivity index is 0.000000304. The van der Waals surface area contributed by atoms with E-state index in [1.54, 1.807) is 30.3 Å². The van der Waals surface area contributed by atoms with Gasteiger partial charge in [0.1, 0.15) is 0 Å². The van der Waals surface area contributed by atoms with Gasteiger partial charge < -0.3 is 4.89 Å². The Hall–Kier alpha value is -1.13. The molecule has 1 unspecified atom stereocenters. The summed E-state index contributed by atoms with van der Waals surface area (Å²) in [6.07, 6.45) is 0. The molecule has 0 amide bonds. The van der Waals surface area contributed by atoms with Gasteiger partial charge in [0, 0.05) is 0 Å². The first-order valence-corrected chi connectivity index (χ1v) is 6.43. The molecule has 94 valence electrons. The second-order valence-electron chi connectivity index (χ2n) is 3.97. The summed E-state index contributed by atoms with van der Waals surface area (Å²) >= 11 is 0. The molecule has 6 heteroatoms. The van der Waals surface area contributed by atoms with E-state index in [1.165, 1.54) is 0 Å². The molecule has 0 aromatic heterocycles. The van der Waals surface area contributed by atoms with Crippen molar-refractivity contribution in [3.8, 4) is 0 Å². The Labute approximate surface area is 103 Å². The minimum atomic E-state index is -2.40. The summed E-state index contributed by atoms with van der Waals surface area (Å²) in [6.45, 7) is 0. The molecule has 0 fully saturated rings. The average Bonchev–Trinajstić information content (AvgIpc) is 2.29. The van der Waals surface area contributed by atoms with E-state index in [2.05, 4.69) is 0 Å². The van der Waals surface area contributed by atoms with Gasteiger partial charge >= 0.3 is 14.0 Å². The molecule has 0 radical (unpaired) electrons. The number of benzene rings is 1. The van der Waals surface area contributed by atoms with Gasteiger partial charge in [-0.1, -0.05) is 22.8 Å². The lowest BCUT2D eigenvalue weighted by atomic mass is 10.4. The molecule has 3 N–H and O–H groups in total. The van der Waals surface area contributed by atoms with Crippen molar-refractivity contribution < 1.29 is 19.3 Å². The number of guanidine groups is 1. The van der Waals surface area contributed by atoms with E-state index >= 15 is 0 Å². The molecule has 1 atom stereocenters. The lowest BCUT2D eigenvalue weighted by molar-refractivity contribution is -0.897. The van der Waals surface area contributed by atoms with E-state index in [4.69, 9.17) is 5.41 Å². The van der Waals surface area contributed by atoms with Crippen molar-refractivity contribution in [1.82, 2.24) is 0 Å². The van der Waals surface area contributed by atoms with Crippen molar-refractivity contribution in [2.24, 2.45) is 0 Å². The van der Waals surface area contributed by atoms with Gasteiger partial charge in [-0.05, 0) is 12.1 Å². The van der Waals surface area contributed by atoms with Crippen molar-refractivity contribution in [3.05, 3.63) is 30.3 Å². The molecular formula is C11H20N3O2P+2. The maximum Gasteiger partial charge on any atom is 0.387 e. The summed E-state index contributed by atoms with van der Waals surface area (Å²) in [7, 11) is 5.42. The molecule has 5 nitrogen and oxygen atoms in total. The summed E-state index contributed by atoms with van der Waals surface area (Å²) in [4.78, 5) is 12.4. The molecule has 0 aliphatic carbocycles. The predicted octanol–water partition coefficient (Wildman–Crippen LogP) is -2.38. The summed E-state index contributed by atoms with van der Waals surface area (Å²) in [5.74, 6) is 0.685. The van der Waals surface area contributed by atoms with Crippen LogP contribution in [0.4, 0.5) is 0 Å². The molecule has 0 aliphatic rings. The van der Waals surface area contributed by atoms with Crippen LogP contribution < -0.4 is 20.0 Å². The zero-order valence-electron chi connectivity index (χ0n) is 10.7. The van der Waals surface area contributed by atoms with Gasteiger partial charge in [-0.25, -0.2) is 9.80 Å². The van der Waals surface area contributed by atoms with E-state index < -0.39 is 8.03 Å². The Bertz CT molecular complexity index is 356. The van der Waals surface area contributed by atoms with Gasteiger partial charge in [0.15, 0.2) is 5.30 Å². The highest BCUT2D eigenvalue weighted by molar-refractivity contribution is 7.45. The number of hydrogen-bond acceptors (Lipinski definition) is 3. The summed E-state index contributed by atoms with van der Waals surface area (Å²) in [5, 5.41) is 7.69. The zero-order chi connectivity index (χ0) is 13.4. The molecular weight excluding hydrogens is 237 g/mol. The van der Waals surface area contributed by atoms with Crippen molar-refractivity contribution in [3.63, 3.8) is 0 Å². The second kappa shape index (κ2) is 8.03. The third-order valence-corrected chi connectivity index (χ3v) is 2.69. The van der Waals surface area contributed by atoms with Crippen molar-refractivity contribution in [2.75, 3.05) is 28.2 Å². The maximum absolute atomic E-state index is 10.2. The monoisotopic (exact) mass is 257 g/mol. The van der Waals surface area contributed by atoms with E-state index in [9.17, 15) is 9.46 Å². The first-order chi connectivity index (χ1) is 7.86. The fourth-order valence-electron chi connectivity index (χ4n) is 1.05. The van der Waals surface area contributed by atoms with Crippen LogP contribution in [0.15, 0.2) is 30.3 Å². The van der Waals surface area contributed by atoms with E-state index in [0.717, 1.165) is 9.80 Å². The molecule has 0 saturated heterocycles. The fourth-order valence-corrected chi connectivity index (χ4v) is 1.47. The Morgan fingerprint density at radius 3 is 1.71 bits per heavy atom. The van der Waals surface area contributed by atoms with Crippen LogP contribution in [0.2, 0.25) is 0 Å². The molecule has 0 spiro atoms. The molecule has 0 saturated carbocycles. The topological polar surface area (TPSA) is 72.9 Å². The number of hydrogen-bond donors (Lipinski definition) is 3. The minimum absolute atomic E-state index is 0.368. The third-order valence-electron chi connectivity index (χ3n) is 1.97. The van der Waals surface area contributed by atoms with Crippen molar-refractivity contribution in [2.45, 2.75) is 0 Å². The Morgan fingerprint density at radius 1 is 1.12 bits per heavy atom. The highest BCUT2D eigenvalue weighted by Gasteiger charge is 2.10. The first-order valence-electron chi connectivity index (χ1n) is 5.25. The van der Waals surface area contributed by atoms with Crippen molar-refractivity contribution >= 4 is 19.3 Å². The molecule has 17 heavy (non-hydrogen) atoms. The van der Waals surface area contributed by atoms with Gasteiger partial charge in [0.05, 0.1) is 28.2 Å². The third kappa shape index (κ3) is 6.92. The first kappa shape index (κ1) is 15.9. The lowest BCUT2D eigenvalue weighted by Crippen LogP contribution is -3.29. The summed E-state index contributed by atoms with van der Waals surface area (Å²) in [5.41, 5.74) is 0. The fraction of sp³-hybridized carbons (Fsp3) is 0.364. The second-order valence-corrected chi connectivity index (χ2v) is 5.00. The maximum atomic E-state index is 10.2. The highest BCUT2D eigenvalue weighted by Crippen LogP contribution is 2.04. The van der Waals surface area contributed by atoms with Gasteiger partial charge in [0.25, 0.3) is 0 Å². The van der Waals surface area contributed by atoms with E-state index in [1.807, 2.05) is 28.2 Å². The van der Waals surface area contributed by atoms with Crippen LogP contribution in [0, 0.1) is 5.41 Å². The van der Waals surface area contributed by atoms with Gasteiger partial charge in [-0.15, -0.1) is 0 Å². The van der Waals surface area contributed by atoms with Crippen LogP contribution in [-0.2, 0) is 4.57 Å². The number of rotatable bonds is 1. The molecule has 1 aromatic rings. The van der Waals surface area contributed by atoms with Crippen LogP contribution in [0.3, 0.4) is 0 Å². The van der Waals surface area contributed by atoms with Gasteiger partial charge in [-0.3, -0.25) is 0 Å². The highest BCUT2D eigenvalue weighted by atomic mass is 31.1. The van der Waals surface area contributed by atoms with Crippen LogP contribution in [0.1, 0.15) is 0 Å². The normalized spacial score (nSPS) is 10.9. The van der Waals surface area contributed by atoms with Crippen LogP contribution in [0.5, 0.6) is 0 Å². The van der Waals surface area contributed by atoms with E-state index in [0.29, 0.717) is 11.3 Å². The number of quaternary nitrogens is 2. The van der Waals surface area contributed by atoms with Crippen LogP contribution in [-0.4, -0.2) is 34.2 Å². The Kier molecular flexibility index (Phi) is 7.50. The summed E-state index contributed by atoms with van der Waals surface area (Å²) < 4.78 is 10.2. The molecule has 1 rings (SSSR count). The van der Waals surface area contributed by atoms with Crippen molar-refractivity contribution in [1.29, 1.82) is 5.41 Å². The van der Waals surface area contributed by atoms with Crippen LogP contribution >= 0.6 is 8.03 Å². The molecule has 1 aromatic carbocycles. The largest absolute Gasteiger partial charge is 0.591 e. The molecule has 0 aliphatic heterocycles. The smallest absolute Gasteiger partial charge is 0.387 e. The summed E-state index contributed by atoms with van der Waals surface area (Å²) in [6, 6.07) is 8.29. The standard InChI is InChI=1S/C6H5O2P.C5H13N3/c7-9(8)6-4-2-1-3-5-6;1-7(2)5(6)8(3)4/h1-5H;6H,1-4H3/p+2. The predicted molar refractivity (Wildman–Crippen MR) is 67.0 cm³/mol. The quantitative estimate of drug-likeness (QED) is 0.299. The van der Waals surface area contributed by atoms with Crippen LogP contribution in [0.25, 0.3) is 0 Å². The SMILES string of the molecule is C[NH+](C)C(=N)[NH+](C)C.O=[P+]([O-])c1ccccc1. The minimum Gasteiger partial charge on any atom is -0.591 e. The van der Waals surface area contributed by atoms with Gasteiger partial charge in [-0.2, -0.15) is 5.41 Å². The Morgan fingerprint density at radius 2 is 1.53 bits per heavy atom.